The molecular weight excluding hydrogens is 334 g/mol. The predicted octanol–water partition coefficient (Wildman–Crippen LogP) is 7.04. The number of aryl methyl sites for hydroxylation is 1. The number of hydrogen-bond donors (Lipinski definition) is 1. The van der Waals surface area contributed by atoms with Gasteiger partial charge in [0, 0.05) is 22.3 Å². The molecule has 0 bridgehead atoms. The number of hydrogen-bond acceptors (Lipinski definition) is 2. The van der Waals surface area contributed by atoms with E-state index >= 15 is 0 Å². The maximum absolute atomic E-state index is 6.17. The molecule has 2 N–H and O–H groups in total. The van der Waals surface area contributed by atoms with Crippen LogP contribution >= 0.6 is 11.8 Å². The fourth-order valence-electron chi connectivity index (χ4n) is 4.67. The highest BCUT2D eigenvalue weighted by Crippen LogP contribution is 2.54. The Morgan fingerprint density at radius 2 is 1.96 bits per heavy atom. The molecule has 2 aromatic rings. The lowest BCUT2D eigenvalue weighted by Crippen LogP contribution is -2.34. The van der Waals surface area contributed by atoms with Crippen molar-refractivity contribution in [3.8, 4) is 0 Å². The Kier molecular flexibility index (Phi) is 6.02. The Morgan fingerprint density at radius 1 is 1.15 bits per heavy atom. The largest absolute Gasteiger partial charge is 0.399 e. The zero-order valence-corrected chi connectivity index (χ0v) is 17.5. The van der Waals surface area contributed by atoms with Gasteiger partial charge in [0.25, 0.3) is 0 Å². The summed E-state index contributed by atoms with van der Waals surface area (Å²) >= 11 is 2.08. The summed E-state index contributed by atoms with van der Waals surface area (Å²) in [4.78, 5) is 1.46. The van der Waals surface area contributed by atoms with E-state index in [-0.39, 0.29) is 0 Å². The summed E-state index contributed by atoms with van der Waals surface area (Å²) < 4.78 is 0. The summed E-state index contributed by atoms with van der Waals surface area (Å²) in [5.74, 6) is 2.23. The number of thioether (sulfide) groups is 1. The van der Waals surface area contributed by atoms with E-state index in [9.17, 15) is 0 Å². The molecule has 26 heavy (non-hydrogen) atoms. The van der Waals surface area contributed by atoms with E-state index in [0.29, 0.717) is 17.3 Å². The van der Waals surface area contributed by atoms with Gasteiger partial charge in [-0.05, 0) is 60.4 Å². The van der Waals surface area contributed by atoms with Gasteiger partial charge in [-0.1, -0.05) is 63.4 Å². The average Bonchev–Trinajstić information content (AvgIpc) is 2.75. The standard InChI is InChI=1S/C24H33NS/c1-5-7-13-24(6-2)16-26-22-12-11-17(3)14-21(22)23(18(24)4)19-9-8-10-20(25)15-19/h8-12,14-15,18,23H,5-7,13,16,25H2,1-4H3/t18-,23-,24-/m1/s1. The van der Waals surface area contributed by atoms with Gasteiger partial charge in [-0.2, -0.15) is 0 Å². The number of anilines is 1. The highest BCUT2D eigenvalue weighted by atomic mass is 32.2. The molecule has 0 unspecified atom stereocenters. The highest BCUT2D eigenvalue weighted by Gasteiger charge is 2.42. The van der Waals surface area contributed by atoms with Crippen molar-refractivity contribution in [2.75, 3.05) is 11.5 Å². The second kappa shape index (κ2) is 8.08. The van der Waals surface area contributed by atoms with Crippen LogP contribution in [0.1, 0.15) is 69.1 Å². The molecule has 1 aliphatic heterocycles. The third-order valence-corrected chi connectivity index (χ3v) is 7.89. The Labute approximate surface area is 163 Å². The minimum absolute atomic E-state index is 0.378. The summed E-state index contributed by atoms with van der Waals surface area (Å²) in [5, 5.41) is 0. The molecule has 0 spiro atoms. The summed E-state index contributed by atoms with van der Waals surface area (Å²) in [6, 6.07) is 15.6. The van der Waals surface area contributed by atoms with Crippen LogP contribution in [0.3, 0.4) is 0 Å². The number of benzene rings is 2. The van der Waals surface area contributed by atoms with Crippen LogP contribution in [0, 0.1) is 18.3 Å². The van der Waals surface area contributed by atoms with Crippen molar-refractivity contribution in [3.05, 3.63) is 59.2 Å². The van der Waals surface area contributed by atoms with Crippen LogP contribution in [0.5, 0.6) is 0 Å². The molecular formula is C24H33NS. The second-order valence-corrected chi connectivity index (χ2v) is 9.10. The fourth-order valence-corrected chi connectivity index (χ4v) is 6.24. The third-order valence-electron chi connectivity index (χ3n) is 6.48. The van der Waals surface area contributed by atoms with Crippen molar-refractivity contribution in [2.45, 2.75) is 64.2 Å². The first-order valence-corrected chi connectivity index (χ1v) is 11.1. The molecule has 1 nitrogen and oxygen atoms in total. The maximum Gasteiger partial charge on any atom is 0.0316 e. The SMILES string of the molecule is CCCC[C@]1(CC)CSc2ccc(C)cc2[C@@H](c2cccc(N)c2)[C@H]1C. The van der Waals surface area contributed by atoms with Crippen LogP contribution in [-0.2, 0) is 0 Å². The van der Waals surface area contributed by atoms with Crippen molar-refractivity contribution < 1.29 is 0 Å². The Bertz CT molecular complexity index is 754. The van der Waals surface area contributed by atoms with Gasteiger partial charge in [-0.3, -0.25) is 0 Å². The van der Waals surface area contributed by atoms with Crippen LogP contribution in [0.2, 0.25) is 0 Å². The lowest BCUT2D eigenvalue weighted by Gasteiger charge is -2.41. The smallest absolute Gasteiger partial charge is 0.0316 e. The maximum atomic E-state index is 6.17. The predicted molar refractivity (Wildman–Crippen MR) is 116 cm³/mol. The quantitative estimate of drug-likeness (QED) is 0.574. The molecule has 2 heteroatoms. The first-order chi connectivity index (χ1) is 12.5. The number of nitrogen functional groups attached to an aromatic ring is 1. The molecule has 0 amide bonds. The van der Waals surface area contributed by atoms with E-state index in [2.05, 4.69) is 75.9 Å². The van der Waals surface area contributed by atoms with E-state index in [0.717, 1.165) is 5.69 Å². The molecule has 3 rings (SSSR count). The molecule has 1 aliphatic rings. The van der Waals surface area contributed by atoms with E-state index in [1.807, 2.05) is 6.07 Å². The van der Waals surface area contributed by atoms with Crippen molar-refractivity contribution in [1.29, 1.82) is 0 Å². The number of nitrogens with two attached hydrogens (primary N) is 1. The van der Waals surface area contributed by atoms with E-state index in [1.54, 1.807) is 0 Å². The van der Waals surface area contributed by atoms with Crippen molar-refractivity contribution in [1.82, 2.24) is 0 Å². The molecule has 2 aromatic carbocycles. The Hall–Kier alpha value is -1.41. The molecule has 0 radical (unpaired) electrons. The molecule has 3 atom stereocenters. The monoisotopic (exact) mass is 367 g/mol. The van der Waals surface area contributed by atoms with Gasteiger partial charge in [0.1, 0.15) is 0 Å². The summed E-state index contributed by atoms with van der Waals surface area (Å²) in [5.41, 5.74) is 11.7. The van der Waals surface area contributed by atoms with Gasteiger partial charge >= 0.3 is 0 Å². The van der Waals surface area contributed by atoms with Gasteiger partial charge in [0.05, 0.1) is 0 Å². The van der Waals surface area contributed by atoms with Gasteiger partial charge in [0.15, 0.2) is 0 Å². The summed E-state index contributed by atoms with van der Waals surface area (Å²) in [7, 11) is 0. The van der Waals surface area contributed by atoms with Crippen LogP contribution < -0.4 is 5.73 Å². The second-order valence-electron chi connectivity index (χ2n) is 8.09. The zero-order chi connectivity index (χ0) is 18.7. The third kappa shape index (κ3) is 3.67. The minimum atomic E-state index is 0.378. The molecule has 0 saturated carbocycles. The molecule has 0 aromatic heterocycles. The van der Waals surface area contributed by atoms with Crippen LogP contribution in [-0.4, -0.2) is 5.75 Å². The topological polar surface area (TPSA) is 26.0 Å². The first kappa shape index (κ1) is 19.4. The van der Waals surface area contributed by atoms with Gasteiger partial charge in [0.2, 0.25) is 0 Å². The normalized spacial score (nSPS) is 25.5. The van der Waals surface area contributed by atoms with Crippen molar-refractivity contribution in [3.63, 3.8) is 0 Å². The molecule has 1 heterocycles. The highest BCUT2D eigenvalue weighted by molar-refractivity contribution is 7.99. The molecule has 140 valence electrons. The first-order valence-electron chi connectivity index (χ1n) is 10.1. The van der Waals surface area contributed by atoms with Gasteiger partial charge in [-0.15, -0.1) is 11.8 Å². The minimum Gasteiger partial charge on any atom is -0.399 e. The van der Waals surface area contributed by atoms with Crippen LogP contribution in [0.15, 0.2) is 47.4 Å². The Morgan fingerprint density at radius 3 is 2.65 bits per heavy atom. The van der Waals surface area contributed by atoms with Crippen molar-refractivity contribution in [2.24, 2.45) is 11.3 Å². The number of fused-ring (bicyclic) bond motifs is 1. The van der Waals surface area contributed by atoms with Crippen LogP contribution in [0.25, 0.3) is 0 Å². The van der Waals surface area contributed by atoms with E-state index < -0.39 is 0 Å². The average molecular weight is 368 g/mol. The van der Waals surface area contributed by atoms with Crippen LogP contribution in [0.4, 0.5) is 5.69 Å². The Balaban J connectivity index is 2.15. The number of rotatable bonds is 5. The summed E-state index contributed by atoms with van der Waals surface area (Å²) in [6.45, 7) is 9.40. The fraction of sp³-hybridized carbons (Fsp3) is 0.500. The van der Waals surface area contributed by atoms with Gasteiger partial charge in [-0.25, -0.2) is 0 Å². The number of unbranched alkanes of at least 4 members (excludes halogenated alkanes) is 1. The lowest BCUT2D eigenvalue weighted by atomic mass is 9.64. The van der Waals surface area contributed by atoms with Crippen molar-refractivity contribution >= 4 is 17.4 Å². The van der Waals surface area contributed by atoms with Gasteiger partial charge < -0.3 is 5.73 Å². The molecule has 0 fully saturated rings. The van der Waals surface area contributed by atoms with E-state index in [1.165, 1.54) is 53.0 Å². The molecule has 0 saturated heterocycles. The summed E-state index contributed by atoms with van der Waals surface area (Å²) in [6.07, 6.45) is 5.15. The lowest BCUT2D eigenvalue weighted by molar-refractivity contribution is 0.162. The zero-order valence-electron chi connectivity index (χ0n) is 16.7. The molecule has 0 aliphatic carbocycles. The van der Waals surface area contributed by atoms with E-state index in [4.69, 9.17) is 5.73 Å².